The van der Waals surface area contributed by atoms with E-state index < -0.39 is 0 Å². The average Bonchev–Trinajstić information content (AvgIpc) is 3.53. The van der Waals surface area contributed by atoms with Gasteiger partial charge in [0, 0.05) is 46.1 Å². The van der Waals surface area contributed by atoms with Gasteiger partial charge in [-0.05, 0) is 49.6 Å². The molecular weight excluding hydrogens is 396 g/mol. The van der Waals surface area contributed by atoms with Crippen molar-refractivity contribution in [3.8, 4) is 22.5 Å². The molecule has 0 bridgehead atoms. The molecule has 5 aromatic rings. The zero-order valence-electron chi connectivity index (χ0n) is 16.2. The van der Waals surface area contributed by atoms with Crippen LogP contribution in [0.5, 0.6) is 0 Å². The summed E-state index contributed by atoms with van der Waals surface area (Å²) in [7, 11) is 0. The molecule has 30 heavy (non-hydrogen) atoms. The van der Waals surface area contributed by atoms with Gasteiger partial charge < -0.3 is 15.5 Å². The molecule has 7 nitrogen and oxygen atoms in total. The lowest BCUT2D eigenvalue weighted by molar-refractivity contribution is 0.343. The topological polar surface area (TPSA) is 94.8 Å². The molecule has 0 unspecified atom stereocenters. The first-order chi connectivity index (χ1) is 14.8. The number of benzene rings is 1. The Morgan fingerprint density at radius 2 is 2.03 bits per heavy atom. The Labute approximate surface area is 176 Å². The summed E-state index contributed by atoms with van der Waals surface area (Å²) in [5.41, 5.74) is 9.79. The molecule has 8 heteroatoms. The third kappa shape index (κ3) is 2.79. The van der Waals surface area contributed by atoms with Crippen molar-refractivity contribution in [2.45, 2.75) is 18.9 Å². The van der Waals surface area contributed by atoms with Crippen molar-refractivity contribution >= 4 is 38.4 Å². The van der Waals surface area contributed by atoms with Crippen molar-refractivity contribution in [2.75, 3.05) is 18.8 Å². The van der Waals surface area contributed by atoms with Crippen LogP contribution in [0.15, 0.2) is 53.5 Å². The second-order valence-electron chi connectivity index (χ2n) is 7.65. The van der Waals surface area contributed by atoms with Gasteiger partial charge in [-0.3, -0.25) is 4.68 Å². The quantitative estimate of drug-likeness (QED) is 0.450. The van der Waals surface area contributed by atoms with Crippen LogP contribution in [0.1, 0.15) is 18.9 Å². The fraction of sp³-hybridized carbons (Fsp3) is 0.227. The van der Waals surface area contributed by atoms with Crippen LogP contribution in [0.25, 0.3) is 43.5 Å². The van der Waals surface area contributed by atoms with Crippen molar-refractivity contribution < 1.29 is 4.42 Å². The summed E-state index contributed by atoms with van der Waals surface area (Å²) in [5, 5.41) is 10.1. The maximum atomic E-state index is 6.20. The number of fused-ring (bicyclic) bond motifs is 2. The highest BCUT2D eigenvalue weighted by atomic mass is 32.1. The minimum atomic E-state index is 0.391. The summed E-state index contributed by atoms with van der Waals surface area (Å²) < 4.78 is 13.7. The maximum absolute atomic E-state index is 6.20. The van der Waals surface area contributed by atoms with Gasteiger partial charge in [0.25, 0.3) is 0 Å². The highest BCUT2D eigenvalue weighted by Gasteiger charge is 2.20. The predicted molar refractivity (Wildman–Crippen MR) is 119 cm³/mol. The van der Waals surface area contributed by atoms with Crippen LogP contribution in [0.2, 0.25) is 0 Å². The van der Waals surface area contributed by atoms with Crippen LogP contribution in [0.3, 0.4) is 0 Å². The number of nitrogens with two attached hydrogens (primary N) is 1. The Balaban J connectivity index is 1.47. The lowest BCUT2D eigenvalue weighted by atomic mass is 10.1. The van der Waals surface area contributed by atoms with Gasteiger partial charge in [0.2, 0.25) is 0 Å². The monoisotopic (exact) mass is 416 g/mol. The highest BCUT2D eigenvalue weighted by Crippen LogP contribution is 2.39. The number of nitrogens with one attached hydrogen (secondary N) is 1. The molecule has 6 rings (SSSR count). The first-order valence-corrected chi connectivity index (χ1v) is 10.8. The largest absolute Gasteiger partial charge is 0.452 e. The lowest BCUT2D eigenvalue weighted by Crippen LogP contribution is -2.29. The molecule has 1 aliphatic rings. The molecule has 0 amide bonds. The van der Waals surface area contributed by atoms with Gasteiger partial charge in [0.1, 0.15) is 5.76 Å². The van der Waals surface area contributed by atoms with E-state index in [-0.39, 0.29) is 0 Å². The average molecular weight is 417 g/mol. The second kappa shape index (κ2) is 6.93. The molecule has 1 saturated heterocycles. The van der Waals surface area contributed by atoms with Crippen LogP contribution < -0.4 is 11.1 Å². The Morgan fingerprint density at radius 1 is 1.13 bits per heavy atom. The van der Waals surface area contributed by atoms with Crippen LogP contribution in [0.4, 0.5) is 5.82 Å². The van der Waals surface area contributed by atoms with E-state index in [0.717, 1.165) is 63.9 Å². The fourth-order valence-corrected chi connectivity index (χ4v) is 5.01. The molecule has 0 aliphatic carbocycles. The summed E-state index contributed by atoms with van der Waals surface area (Å²) in [6, 6.07) is 8.61. The van der Waals surface area contributed by atoms with Gasteiger partial charge in [-0.2, -0.15) is 9.47 Å². The predicted octanol–water partition coefficient (Wildman–Crippen LogP) is 4.47. The first-order valence-electron chi connectivity index (χ1n) is 10.0. The van der Waals surface area contributed by atoms with Crippen LogP contribution >= 0.6 is 11.5 Å². The van der Waals surface area contributed by atoms with Crippen molar-refractivity contribution in [1.82, 2.24) is 24.5 Å². The molecule has 5 heterocycles. The van der Waals surface area contributed by atoms with Gasteiger partial charge in [-0.25, -0.2) is 4.98 Å². The molecular formula is C22H20N6OS. The van der Waals surface area contributed by atoms with Crippen LogP contribution in [-0.4, -0.2) is 32.2 Å². The van der Waals surface area contributed by atoms with Gasteiger partial charge in [-0.1, -0.05) is 12.1 Å². The number of rotatable bonds is 3. The van der Waals surface area contributed by atoms with Gasteiger partial charge in [0.15, 0.2) is 11.4 Å². The lowest BCUT2D eigenvalue weighted by Gasteiger charge is -2.22. The standard InChI is InChI=1S/C22H20N6OS/c23-22-20-17(8-19(29-20)16-3-1-2-13-10-27-30-21(13)16)18(11-25-22)14-9-26-28(12-14)15-4-6-24-7-5-15/h1-3,8-12,15,24H,4-7H2,(H2,23,25). The zero-order valence-corrected chi connectivity index (χ0v) is 17.0. The molecule has 1 fully saturated rings. The van der Waals surface area contributed by atoms with E-state index in [1.54, 1.807) is 0 Å². The minimum Gasteiger partial charge on any atom is -0.452 e. The highest BCUT2D eigenvalue weighted by molar-refractivity contribution is 7.13. The molecule has 0 saturated carbocycles. The molecule has 0 spiro atoms. The number of anilines is 1. The number of hydrogen-bond donors (Lipinski definition) is 2. The van der Waals surface area contributed by atoms with E-state index in [1.165, 1.54) is 11.5 Å². The van der Waals surface area contributed by atoms with Gasteiger partial charge in [0.05, 0.1) is 16.9 Å². The van der Waals surface area contributed by atoms with E-state index in [2.05, 4.69) is 48.9 Å². The summed E-state index contributed by atoms with van der Waals surface area (Å²) >= 11 is 1.47. The first kappa shape index (κ1) is 17.6. The van der Waals surface area contributed by atoms with Gasteiger partial charge >= 0.3 is 0 Å². The van der Waals surface area contributed by atoms with Crippen LogP contribution in [0, 0.1) is 0 Å². The Bertz CT molecular complexity index is 1360. The SMILES string of the molecule is Nc1ncc(-c2cnn(C3CCNCC3)c2)c2cc(-c3cccc4cnsc34)oc12. The number of hydrogen-bond acceptors (Lipinski definition) is 7. The summed E-state index contributed by atoms with van der Waals surface area (Å²) in [4.78, 5) is 4.39. The molecule has 0 atom stereocenters. The van der Waals surface area contributed by atoms with Crippen molar-refractivity contribution in [3.05, 3.63) is 49.1 Å². The third-order valence-corrected chi connectivity index (χ3v) is 6.68. The van der Waals surface area contributed by atoms with Crippen molar-refractivity contribution in [1.29, 1.82) is 0 Å². The normalized spacial score (nSPS) is 15.3. The van der Waals surface area contributed by atoms with Crippen molar-refractivity contribution in [3.63, 3.8) is 0 Å². The minimum absolute atomic E-state index is 0.391. The number of nitrogens with zero attached hydrogens (tertiary/aromatic N) is 4. The van der Waals surface area contributed by atoms with E-state index in [0.29, 0.717) is 17.4 Å². The summed E-state index contributed by atoms with van der Waals surface area (Å²) in [5.74, 6) is 1.16. The zero-order chi connectivity index (χ0) is 20.1. The maximum Gasteiger partial charge on any atom is 0.177 e. The van der Waals surface area contributed by atoms with Gasteiger partial charge in [-0.15, -0.1) is 0 Å². The summed E-state index contributed by atoms with van der Waals surface area (Å²) in [6.07, 6.45) is 9.89. The van der Waals surface area contributed by atoms with Crippen molar-refractivity contribution in [2.24, 2.45) is 0 Å². The molecule has 0 radical (unpaired) electrons. The smallest absolute Gasteiger partial charge is 0.177 e. The second-order valence-corrected chi connectivity index (χ2v) is 8.45. The fourth-order valence-electron chi connectivity index (χ4n) is 4.24. The van der Waals surface area contributed by atoms with Crippen LogP contribution in [-0.2, 0) is 0 Å². The molecule has 1 aliphatic heterocycles. The van der Waals surface area contributed by atoms with E-state index in [1.807, 2.05) is 24.7 Å². The van der Waals surface area contributed by atoms with E-state index in [9.17, 15) is 0 Å². The Hall–Kier alpha value is -3.23. The Kier molecular flexibility index (Phi) is 4.07. The summed E-state index contributed by atoms with van der Waals surface area (Å²) in [6.45, 7) is 2.06. The number of piperidine rings is 1. The molecule has 1 aromatic carbocycles. The molecule has 150 valence electrons. The van der Waals surface area contributed by atoms with E-state index >= 15 is 0 Å². The number of aromatic nitrogens is 4. The molecule has 3 N–H and O–H groups in total. The number of nitrogen functional groups attached to an aromatic ring is 1. The number of pyridine rings is 1. The van der Waals surface area contributed by atoms with E-state index in [4.69, 9.17) is 10.2 Å². The Morgan fingerprint density at radius 3 is 2.93 bits per heavy atom. The number of furan rings is 1. The third-order valence-electron chi connectivity index (χ3n) is 5.83. The molecule has 4 aromatic heterocycles.